The normalized spacial score (nSPS) is 13.1. The van der Waals surface area contributed by atoms with Crippen LogP contribution < -0.4 is 0 Å². The van der Waals surface area contributed by atoms with Gasteiger partial charge in [0.05, 0.1) is 22.5 Å². The topological polar surface area (TPSA) is 25.8 Å². The summed E-state index contributed by atoms with van der Waals surface area (Å²) < 4.78 is 0. The smallest absolute Gasteiger partial charge is 0.0768 e. The first-order valence-electron chi connectivity index (χ1n) is 8.78. The van der Waals surface area contributed by atoms with Gasteiger partial charge >= 0.3 is 0 Å². The van der Waals surface area contributed by atoms with Crippen molar-refractivity contribution >= 4 is 0 Å². The van der Waals surface area contributed by atoms with E-state index in [1.807, 2.05) is 42.6 Å². The van der Waals surface area contributed by atoms with Gasteiger partial charge in [-0.1, -0.05) is 72.8 Å². The molecule has 0 amide bonds. The van der Waals surface area contributed by atoms with Crippen LogP contribution in [0.3, 0.4) is 0 Å². The summed E-state index contributed by atoms with van der Waals surface area (Å²) in [7, 11) is 0. The van der Waals surface area contributed by atoms with Gasteiger partial charge in [0.25, 0.3) is 0 Å². The van der Waals surface area contributed by atoms with Gasteiger partial charge in [-0.05, 0) is 36.8 Å². The highest BCUT2D eigenvalue weighted by Crippen LogP contribution is 2.37. The van der Waals surface area contributed by atoms with Crippen LogP contribution in [0, 0.1) is 0 Å². The molecule has 0 fully saturated rings. The number of hydrogen-bond acceptors (Lipinski definition) is 2. The predicted molar refractivity (Wildman–Crippen MR) is 106 cm³/mol. The molecule has 2 heteroatoms. The first-order valence-corrected chi connectivity index (χ1v) is 8.78. The monoisotopic (exact) mass is 336 g/mol. The molecule has 0 bridgehead atoms. The quantitative estimate of drug-likeness (QED) is 0.492. The highest BCUT2D eigenvalue weighted by Gasteiger charge is 2.34. The van der Waals surface area contributed by atoms with Crippen LogP contribution in [0.2, 0.25) is 0 Å². The van der Waals surface area contributed by atoms with Crippen LogP contribution in [-0.2, 0) is 5.41 Å². The van der Waals surface area contributed by atoms with Crippen LogP contribution in [0.25, 0.3) is 11.3 Å². The van der Waals surface area contributed by atoms with E-state index in [-0.39, 0.29) is 0 Å². The number of nitrogens with zero attached hydrogens (tertiary/aromatic N) is 2. The second-order valence-electron chi connectivity index (χ2n) is 6.48. The van der Waals surface area contributed by atoms with E-state index >= 15 is 0 Å². The first-order chi connectivity index (χ1) is 12.8. The molecule has 0 aliphatic rings. The Morgan fingerprint density at radius 2 is 1.27 bits per heavy atom. The van der Waals surface area contributed by atoms with Gasteiger partial charge in [-0.15, -0.1) is 0 Å². The van der Waals surface area contributed by atoms with Crippen LogP contribution in [0.1, 0.15) is 23.9 Å². The minimum Gasteiger partial charge on any atom is -0.260 e. The Bertz CT molecular complexity index is 941. The minimum atomic E-state index is -0.423. The molecule has 0 aliphatic carbocycles. The second-order valence-corrected chi connectivity index (χ2v) is 6.48. The van der Waals surface area contributed by atoms with Gasteiger partial charge in [0.15, 0.2) is 0 Å². The lowest BCUT2D eigenvalue weighted by Gasteiger charge is -2.29. The highest BCUT2D eigenvalue weighted by molar-refractivity contribution is 5.60. The molecule has 0 aliphatic heterocycles. The maximum absolute atomic E-state index is 5.03. The Kier molecular flexibility index (Phi) is 4.32. The molecule has 2 aromatic heterocycles. The molecule has 26 heavy (non-hydrogen) atoms. The highest BCUT2D eigenvalue weighted by atomic mass is 14.8. The van der Waals surface area contributed by atoms with Gasteiger partial charge in [-0.2, -0.15) is 0 Å². The molecule has 0 spiro atoms. The van der Waals surface area contributed by atoms with Crippen molar-refractivity contribution in [3.8, 4) is 11.3 Å². The average molecular weight is 336 g/mol. The lowest BCUT2D eigenvalue weighted by atomic mass is 9.76. The van der Waals surface area contributed by atoms with Crippen molar-refractivity contribution in [1.82, 2.24) is 9.97 Å². The van der Waals surface area contributed by atoms with Crippen molar-refractivity contribution in [3.63, 3.8) is 0 Å². The maximum Gasteiger partial charge on any atom is 0.0768 e. The van der Waals surface area contributed by atoms with E-state index in [4.69, 9.17) is 4.98 Å². The van der Waals surface area contributed by atoms with Crippen molar-refractivity contribution in [3.05, 3.63) is 120 Å². The van der Waals surface area contributed by atoms with Crippen LogP contribution >= 0.6 is 0 Å². The zero-order valence-electron chi connectivity index (χ0n) is 14.7. The Labute approximate surface area is 154 Å². The van der Waals surface area contributed by atoms with Crippen molar-refractivity contribution in [2.75, 3.05) is 0 Å². The molecule has 0 radical (unpaired) electrons. The van der Waals surface area contributed by atoms with E-state index in [0.717, 1.165) is 22.6 Å². The number of rotatable bonds is 4. The van der Waals surface area contributed by atoms with E-state index in [1.165, 1.54) is 5.56 Å². The Morgan fingerprint density at radius 1 is 0.615 bits per heavy atom. The number of pyridine rings is 2. The molecule has 0 N–H and O–H groups in total. The molecular formula is C24H20N2. The molecule has 2 aromatic carbocycles. The van der Waals surface area contributed by atoms with Gasteiger partial charge < -0.3 is 0 Å². The predicted octanol–water partition coefficient (Wildman–Crippen LogP) is 5.50. The summed E-state index contributed by atoms with van der Waals surface area (Å²) in [6.07, 6.45) is 1.84. The molecule has 0 saturated carbocycles. The van der Waals surface area contributed by atoms with Crippen LogP contribution in [0.5, 0.6) is 0 Å². The summed E-state index contributed by atoms with van der Waals surface area (Å²) in [6, 6.07) is 33.0. The fourth-order valence-corrected chi connectivity index (χ4v) is 3.34. The van der Waals surface area contributed by atoms with Gasteiger partial charge in [0.2, 0.25) is 0 Å². The first kappa shape index (κ1) is 16.2. The van der Waals surface area contributed by atoms with Crippen molar-refractivity contribution in [2.24, 2.45) is 0 Å². The molecule has 4 aromatic rings. The molecule has 126 valence electrons. The molecule has 1 unspecified atom stereocenters. The molecular weight excluding hydrogens is 316 g/mol. The number of aromatic nitrogens is 2. The van der Waals surface area contributed by atoms with E-state index in [9.17, 15) is 0 Å². The summed E-state index contributed by atoms with van der Waals surface area (Å²) in [6.45, 7) is 2.20. The Hall–Kier alpha value is -3.26. The van der Waals surface area contributed by atoms with E-state index in [2.05, 4.69) is 72.6 Å². The molecule has 0 saturated heterocycles. The third kappa shape index (κ3) is 2.91. The second kappa shape index (κ2) is 6.93. The molecule has 2 nitrogen and oxygen atoms in total. The third-order valence-corrected chi connectivity index (χ3v) is 4.86. The van der Waals surface area contributed by atoms with Gasteiger partial charge in [0.1, 0.15) is 0 Å². The van der Waals surface area contributed by atoms with Gasteiger partial charge in [-0.25, -0.2) is 0 Å². The van der Waals surface area contributed by atoms with Crippen molar-refractivity contribution in [2.45, 2.75) is 12.3 Å². The van der Waals surface area contributed by atoms with Crippen molar-refractivity contribution in [1.29, 1.82) is 0 Å². The lowest BCUT2D eigenvalue weighted by Crippen LogP contribution is -2.28. The summed E-state index contributed by atoms with van der Waals surface area (Å²) in [5, 5.41) is 0. The van der Waals surface area contributed by atoms with E-state index in [1.54, 1.807) is 0 Å². The lowest BCUT2D eigenvalue weighted by molar-refractivity contribution is 0.642. The number of benzene rings is 2. The summed E-state index contributed by atoms with van der Waals surface area (Å²) in [5.41, 5.74) is 4.82. The SMILES string of the molecule is CC(c1ccccc1)(c1ccccn1)c1cccc(-c2ccccc2)n1. The zero-order chi connectivity index (χ0) is 17.8. The average Bonchev–Trinajstić information content (AvgIpc) is 2.75. The fraction of sp³-hybridized carbons (Fsp3) is 0.0833. The minimum absolute atomic E-state index is 0.423. The largest absolute Gasteiger partial charge is 0.260 e. The zero-order valence-corrected chi connectivity index (χ0v) is 14.7. The summed E-state index contributed by atoms with van der Waals surface area (Å²) >= 11 is 0. The van der Waals surface area contributed by atoms with Crippen molar-refractivity contribution < 1.29 is 0 Å². The summed E-state index contributed by atoms with van der Waals surface area (Å²) in [4.78, 5) is 9.69. The maximum atomic E-state index is 5.03. The summed E-state index contributed by atoms with van der Waals surface area (Å²) in [5.74, 6) is 0. The molecule has 2 heterocycles. The van der Waals surface area contributed by atoms with Crippen LogP contribution in [-0.4, -0.2) is 9.97 Å². The molecule has 1 atom stereocenters. The van der Waals surface area contributed by atoms with Gasteiger partial charge in [-0.3, -0.25) is 9.97 Å². The Morgan fingerprint density at radius 3 is 1.96 bits per heavy atom. The van der Waals surface area contributed by atoms with E-state index in [0.29, 0.717) is 0 Å². The standard InChI is InChI=1S/C24H20N2/c1-24(20-13-6-3-7-14-20,22-16-8-9-18-25-22)23-17-10-15-21(26-23)19-11-4-2-5-12-19/h2-18H,1H3. The van der Waals surface area contributed by atoms with Gasteiger partial charge in [0, 0.05) is 11.8 Å². The fourth-order valence-electron chi connectivity index (χ4n) is 3.34. The van der Waals surface area contributed by atoms with Crippen LogP contribution in [0.4, 0.5) is 0 Å². The Balaban J connectivity index is 1.91. The third-order valence-electron chi connectivity index (χ3n) is 4.86. The van der Waals surface area contributed by atoms with Crippen LogP contribution in [0.15, 0.2) is 103 Å². The van der Waals surface area contributed by atoms with E-state index < -0.39 is 5.41 Å². The molecule has 4 rings (SSSR count). The number of hydrogen-bond donors (Lipinski definition) is 0.